The molecule has 14 heteroatoms. The smallest absolute Gasteiger partial charge is 0.348 e. The third kappa shape index (κ3) is 7.46. The van der Waals surface area contributed by atoms with Crippen LogP contribution >= 0.6 is 11.6 Å². The summed E-state index contributed by atoms with van der Waals surface area (Å²) in [5.74, 6) is -0.745. The van der Waals surface area contributed by atoms with Gasteiger partial charge in [0.15, 0.2) is 0 Å². The van der Waals surface area contributed by atoms with E-state index in [9.17, 15) is 31.2 Å². The van der Waals surface area contributed by atoms with Crippen molar-refractivity contribution in [3.63, 3.8) is 0 Å². The quantitative estimate of drug-likeness (QED) is 0.335. The monoisotopic (exact) mass is 581 g/mol. The van der Waals surface area contributed by atoms with Crippen molar-refractivity contribution in [2.45, 2.75) is 24.7 Å². The fourth-order valence-corrected chi connectivity index (χ4v) is 4.74. The van der Waals surface area contributed by atoms with Crippen LogP contribution in [0.1, 0.15) is 22.3 Å². The second-order valence-corrected chi connectivity index (χ2v) is 11.1. The summed E-state index contributed by atoms with van der Waals surface area (Å²) in [7, 11) is -3.46. The van der Waals surface area contributed by atoms with Gasteiger partial charge in [0.2, 0.25) is 15.9 Å². The first-order valence-corrected chi connectivity index (χ1v) is 13.8. The number of amides is 2. The largest absolute Gasteiger partial charge is 0.417 e. The first-order valence-electron chi connectivity index (χ1n) is 11.5. The Morgan fingerprint density at radius 3 is 2.51 bits per heavy atom. The number of aromatic nitrogens is 1. The highest BCUT2D eigenvalue weighted by Crippen LogP contribution is 2.36. The minimum atomic E-state index is -4.66. The summed E-state index contributed by atoms with van der Waals surface area (Å²) < 4.78 is 64.3. The lowest BCUT2D eigenvalue weighted by molar-refractivity contribution is -0.137. The Labute approximate surface area is 227 Å². The molecule has 3 aromatic rings. The number of hydrogen-bond donors (Lipinski definition) is 4. The first-order chi connectivity index (χ1) is 18.3. The van der Waals surface area contributed by atoms with Crippen LogP contribution in [0.5, 0.6) is 0 Å². The fourth-order valence-electron chi connectivity index (χ4n) is 4.02. The van der Waals surface area contributed by atoms with Crippen LogP contribution in [0.3, 0.4) is 0 Å². The molecular formula is C25H23ClF3N5O4S. The number of halogens is 4. The zero-order valence-corrected chi connectivity index (χ0v) is 21.9. The maximum atomic E-state index is 13.1. The number of carbonyl (C=O) groups excluding carboxylic acids is 2. The summed E-state index contributed by atoms with van der Waals surface area (Å²) in [4.78, 5) is 29.6. The van der Waals surface area contributed by atoms with E-state index in [-0.39, 0.29) is 30.4 Å². The van der Waals surface area contributed by atoms with Gasteiger partial charge in [-0.25, -0.2) is 13.4 Å². The highest BCUT2D eigenvalue weighted by molar-refractivity contribution is 7.92. The van der Waals surface area contributed by atoms with Crippen molar-refractivity contribution in [3.05, 3.63) is 76.9 Å². The van der Waals surface area contributed by atoms with E-state index < -0.39 is 44.8 Å². The molecule has 2 heterocycles. The SMILES string of the molecule is CS(=O)(=O)Nc1ccc(-c2cccc(C(=O)N[C@H]3CN[C@@H](C(=O)Nc4ccc(Cl)c(C(F)(F)F)c4)C3)c2)cn1. The lowest BCUT2D eigenvalue weighted by Crippen LogP contribution is -2.36. The Morgan fingerprint density at radius 2 is 1.85 bits per heavy atom. The number of nitrogens with one attached hydrogen (secondary N) is 4. The molecule has 0 aliphatic carbocycles. The van der Waals surface area contributed by atoms with Crippen molar-refractivity contribution in [2.24, 2.45) is 0 Å². The van der Waals surface area contributed by atoms with Gasteiger partial charge in [0.05, 0.1) is 22.9 Å². The topological polar surface area (TPSA) is 129 Å². The summed E-state index contributed by atoms with van der Waals surface area (Å²) in [5, 5.41) is 7.81. The Morgan fingerprint density at radius 1 is 1.08 bits per heavy atom. The first kappa shape index (κ1) is 28.3. The van der Waals surface area contributed by atoms with E-state index in [1.54, 1.807) is 30.3 Å². The summed E-state index contributed by atoms with van der Waals surface area (Å²) in [6.07, 6.45) is -1.93. The van der Waals surface area contributed by atoms with E-state index in [1.165, 1.54) is 18.3 Å². The van der Waals surface area contributed by atoms with Gasteiger partial charge in [-0.05, 0) is 54.4 Å². The van der Waals surface area contributed by atoms with Gasteiger partial charge in [-0.2, -0.15) is 13.2 Å². The van der Waals surface area contributed by atoms with E-state index in [0.29, 0.717) is 16.7 Å². The van der Waals surface area contributed by atoms with Gasteiger partial charge in [0, 0.05) is 35.6 Å². The van der Waals surface area contributed by atoms with Crippen LogP contribution in [-0.4, -0.2) is 50.1 Å². The zero-order valence-electron chi connectivity index (χ0n) is 20.3. The number of carbonyl (C=O) groups is 2. The van der Waals surface area contributed by atoms with Crippen LogP contribution in [-0.2, 0) is 21.0 Å². The van der Waals surface area contributed by atoms with E-state index in [4.69, 9.17) is 11.6 Å². The molecule has 4 rings (SSSR count). The molecule has 1 aliphatic heterocycles. The molecule has 0 spiro atoms. The Balaban J connectivity index is 1.36. The predicted molar refractivity (Wildman–Crippen MR) is 141 cm³/mol. The van der Waals surface area contributed by atoms with Gasteiger partial charge in [0.1, 0.15) is 5.82 Å². The Kier molecular flexibility index (Phi) is 8.14. The molecule has 206 valence electrons. The van der Waals surface area contributed by atoms with Gasteiger partial charge in [0.25, 0.3) is 5.91 Å². The summed E-state index contributed by atoms with van der Waals surface area (Å²) in [6.45, 7) is 0.288. The van der Waals surface area contributed by atoms with E-state index in [1.807, 2.05) is 0 Å². The lowest BCUT2D eigenvalue weighted by Gasteiger charge is -2.15. The standard InChI is InChI=1S/C25H23ClF3N5O4S/c1-39(37,38)34-22-8-5-16(12-31-22)14-3-2-4-15(9-14)23(35)33-18-11-21(30-13-18)24(36)32-17-6-7-20(26)19(10-17)25(27,28)29/h2-10,12,18,21,30H,11,13H2,1H3,(H,31,34)(H,32,36)(H,33,35)/t18-,21-/m1/s1. The molecule has 0 bridgehead atoms. The van der Waals surface area contributed by atoms with Crippen molar-refractivity contribution >= 4 is 44.9 Å². The number of alkyl halides is 3. The van der Waals surface area contributed by atoms with Gasteiger partial charge in [-0.15, -0.1) is 0 Å². The molecule has 0 unspecified atom stereocenters. The highest BCUT2D eigenvalue weighted by atomic mass is 35.5. The van der Waals surface area contributed by atoms with Crippen LogP contribution < -0.4 is 20.7 Å². The zero-order chi connectivity index (χ0) is 28.4. The molecule has 9 nitrogen and oxygen atoms in total. The average Bonchev–Trinajstić information content (AvgIpc) is 3.33. The minimum Gasteiger partial charge on any atom is -0.348 e. The Hall–Kier alpha value is -3.68. The number of pyridine rings is 1. The normalized spacial score (nSPS) is 17.5. The summed E-state index contributed by atoms with van der Waals surface area (Å²) in [5.41, 5.74) is 0.617. The van der Waals surface area contributed by atoms with Crippen molar-refractivity contribution in [2.75, 3.05) is 22.8 Å². The third-order valence-electron chi connectivity index (χ3n) is 5.83. The molecule has 1 aliphatic rings. The number of anilines is 2. The van der Waals surface area contributed by atoms with Crippen LogP contribution in [0, 0.1) is 0 Å². The van der Waals surface area contributed by atoms with Crippen molar-refractivity contribution in [1.29, 1.82) is 0 Å². The second-order valence-electron chi connectivity index (χ2n) is 8.94. The van der Waals surface area contributed by atoms with Gasteiger partial charge >= 0.3 is 6.18 Å². The molecule has 1 saturated heterocycles. The molecule has 0 saturated carbocycles. The van der Waals surface area contributed by atoms with Crippen LogP contribution in [0.2, 0.25) is 5.02 Å². The lowest BCUT2D eigenvalue weighted by atomic mass is 10.0. The van der Waals surface area contributed by atoms with Crippen molar-refractivity contribution in [1.82, 2.24) is 15.6 Å². The van der Waals surface area contributed by atoms with E-state index >= 15 is 0 Å². The molecule has 4 N–H and O–H groups in total. The molecular weight excluding hydrogens is 559 g/mol. The number of hydrogen-bond acceptors (Lipinski definition) is 6. The maximum Gasteiger partial charge on any atom is 0.417 e. The average molecular weight is 582 g/mol. The van der Waals surface area contributed by atoms with Gasteiger partial charge < -0.3 is 16.0 Å². The minimum absolute atomic E-state index is 0.0440. The van der Waals surface area contributed by atoms with Crippen LogP contribution in [0.4, 0.5) is 24.7 Å². The number of sulfonamides is 1. The predicted octanol–water partition coefficient (Wildman–Crippen LogP) is 3.89. The second kappa shape index (κ2) is 11.2. The Bertz CT molecular complexity index is 1500. The number of benzene rings is 2. The summed E-state index contributed by atoms with van der Waals surface area (Å²) >= 11 is 5.62. The van der Waals surface area contributed by atoms with Crippen molar-refractivity contribution in [3.8, 4) is 11.1 Å². The highest BCUT2D eigenvalue weighted by Gasteiger charge is 2.34. The van der Waals surface area contributed by atoms with Crippen molar-refractivity contribution < 1.29 is 31.2 Å². The molecule has 1 fully saturated rings. The molecule has 39 heavy (non-hydrogen) atoms. The molecule has 2 atom stereocenters. The molecule has 1 aromatic heterocycles. The number of rotatable bonds is 7. The van der Waals surface area contributed by atoms with Gasteiger partial charge in [-0.3, -0.25) is 14.3 Å². The molecule has 2 aromatic carbocycles. The third-order valence-corrected chi connectivity index (χ3v) is 6.74. The van der Waals surface area contributed by atoms with Crippen LogP contribution in [0.15, 0.2) is 60.8 Å². The van der Waals surface area contributed by atoms with Gasteiger partial charge in [-0.1, -0.05) is 23.7 Å². The maximum absolute atomic E-state index is 13.1. The fraction of sp³-hybridized carbons (Fsp3) is 0.240. The summed E-state index contributed by atoms with van der Waals surface area (Å²) in [6, 6.07) is 11.9. The van der Waals surface area contributed by atoms with Crippen LogP contribution in [0.25, 0.3) is 11.1 Å². The molecule has 2 amide bonds. The van der Waals surface area contributed by atoms with E-state index in [0.717, 1.165) is 18.4 Å². The number of nitrogens with zero attached hydrogens (tertiary/aromatic N) is 1. The molecule has 0 radical (unpaired) electrons. The van der Waals surface area contributed by atoms with E-state index in [2.05, 4.69) is 25.7 Å².